The van der Waals surface area contributed by atoms with Gasteiger partial charge < -0.3 is 11.1 Å². The molecule has 0 spiro atoms. The first-order valence-corrected chi connectivity index (χ1v) is 4.59. The molecule has 1 heterocycles. The molecule has 2 aromatic rings. The molecule has 0 aliphatic rings. The largest absolute Gasteiger partial charge is 0.396 e. The molecule has 0 fully saturated rings. The highest BCUT2D eigenvalue weighted by atomic mass is 19.1. The Hall–Kier alpha value is -2.17. The SMILES string of the molecule is Nc1cccnc1Nc1ccc(F)cc1F. The van der Waals surface area contributed by atoms with E-state index < -0.39 is 11.6 Å². The van der Waals surface area contributed by atoms with E-state index in [2.05, 4.69) is 10.3 Å². The molecule has 16 heavy (non-hydrogen) atoms. The summed E-state index contributed by atoms with van der Waals surface area (Å²) in [5.74, 6) is -0.977. The van der Waals surface area contributed by atoms with Crippen LogP contribution in [-0.4, -0.2) is 4.98 Å². The zero-order valence-corrected chi connectivity index (χ0v) is 8.24. The number of pyridine rings is 1. The molecule has 0 amide bonds. The van der Waals surface area contributed by atoms with Gasteiger partial charge in [0.25, 0.3) is 0 Å². The highest BCUT2D eigenvalue weighted by molar-refractivity contribution is 5.68. The Balaban J connectivity index is 2.31. The zero-order chi connectivity index (χ0) is 11.5. The van der Waals surface area contributed by atoms with Gasteiger partial charge >= 0.3 is 0 Å². The standard InChI is InChI=1S/C11H9F2N3/c12-7-3-4-10(8(13)6-7)16-11-9(14)2-1-5-15-11/h1-6H,14H2,(H,15,16). The fourth-order valence-electron chi connectivity index (χ4n) is 1.24. The van der Waals surface area contributed by atoms with Crippen LogP contribution >= 0.6 is 0 Å². The number of benzene rings is 1. The lowest BCUT2D eigenvalue weighted by molar-refractivity contribution is 0.586. The van der Waals surface area contributed by atoms with E-state index >= 15 is 0 Å². The summed E-state index contributed by atoms with van der Waals surface area (Å²) < 4.78 is 26.0. The molecular formula is C11H9F2N3. The van der Waals surface area contributed by atoms with Gasteiger partial charge in [-0.15, -0.1) is 0 Å². The Morgan fingerprint density at radius 2 is 2.00 bits per heavy atom. The lowest BCUT2D eigenvalue weighted by Gasteiger charge is -2.08. The summed E-state index contributed by atoms with van der Waals surface area (Å²) in [4.78, 5) is 3.94. The van der Waals surface area contributed by atoms with Crippen molar-refractivity contribution in [1.82, 2.24) is 4.98 Å². The first kappa shape index (κ1) is 10.4. The van der Waals surface area contributed by atoms with Crippen LogP contribution in [0.5, 0.6) is 0 Å². The van der Waals surface area contributed by atoms with E-state index in [0.717, 1.165) is 12.1 Å². The Kier molecular flexibility index (Phi) is 2.68. The molecular weight excluding hydrogens is 212 g/mol. The topological polar surface area (TPSA) is 50.9 Å². The van der Waals surface area contributed by atoms with Crippen LogP contribution in [0, 0.1) is 11.6 Å². The van der Waals surface area contributed by atoms with Gasteiger partial charge in [-0.2, -0.15) is 0 Å². The maximum atomic E-state index is 13.3. The van der Waals surface area contributed by atoms with Crippen LogP contribution in [-0.2, 0) is 0 Å². The van der Waals surface area contributed by atoms with Gasteiger partial charge in [0, 0.05) is 12.3 Å². The third-order valence-corrected chi connectivity index (χ3v) is 2.02. The van der Waals surface area contributed by atoms with Gasteiger partial charge in [-0.25, -0.2) is 13.8 Å². The van der Waals surface area contributed by atoms with E-state index in [1.165, 1.54) is 12.3 Å². The van der Waals surface area contributed by atoms with Crippen LogP contribution < -0.4 is 11.1 Å². The molecule has 5 heteroatoms. The number of anilines is 3. The molecule has 0 aliphatic carbocycles. The normalized spacial score (nSPS) is 10.1. The Morgan fingerprint density at radius 1 is 1.19 bits per heavy atom. The van der Waals surface area contributed by atoms with Crippen LogP contribution in [0.25, 0.3) is 0 Å². The predicted octanol–water partition coefficient (Wildman–Crippen LogP) is 2.69. The number of nitrogen functional groups attached to an aromatic ring is 1. The Bertz CT molecular complexity index is 514. The molecule has 82 valence electrons. The van der Waals surface area contributed by atoms with E-state index in [0.29, 0.717) is 11.5 Å². The van der Waals surface area contributed by atoms with E-state index in [1.807, 2.05) is 0 Å². The minimum atomic E-state index is -0.690. The molecule has 0 aliphatic heterocycles. The highest BCUT2D eigenvalue weighted by Gasteiger charge is 2.06. The van der Waals surface area contributed by atoms with Gasteiger partial charge in [-0.05, 0) is 24.3 Å². The first-order valence-electron chi connectivity index (χ1n) is 4.59. The lowest BCUT2D eigenvalue weighted by atomic mass is 10.3. The minimum Gasteiger partial charge on any atom is -0.396 e. The summed E-state index contributed by atoms with van der Waals surface area (Å²) in [6.07, 6.45) is 1.53. The smallest absolute Gasteiger partial charge is 0.153 e. The molecule has 0 unspecified atom stereocenters. The fourth-order valence-corrected chi connectivity index (χ4v) is 1.24. The van der Waals surface area contributed by atoms with Gasteiger partial charge in [0.2, 0.25) is 0 Å². The van der Waals surface area contributed by atoms with Gasteiger partial charge in [0.05, 0.1) is 11.4 Å². The fraction of sp³-hybridized carbons (Fsp3) is 0. The lowest BCUT2D eigenvalue weighted by Crippen LogP contribution is -2.00. The molecule has 1 aromatic carbocycles. The molecule has 3 N–H and O–H groups in total. The molecule has 2 rings (SSSR count). The van der Waals surface area contributed by atoms with Crippen LogP contribution in [0.4, 0.5) is 26.0 Å². The molecule has 0 saturated heterocycles. The van der Waals surface area contributed by atoms with Crippen molar-refractivity contribution in [2.75, 3.05) is 11.1 Å². The number of hydrogen-bond acceptors (Lipinski definition) is 3. The molecule has 0 atom stereocenters. The highest BCUT2D eigenvalue weighted by Crippen LogP contribution is 2.22. The third kappa shape index (κ3) is 2.08. The van der Waals surface area contributed by atoms with Crippen LogP contribution in [0.1, 0.15) is 0 Å². The van der Waals surface area contributed by atoms with Gasteiger partial charge in [0.15, 0.2) is 5.82 Å². The second kappa shape index (κ2) is 4.14. The van der Waals surface area contributed by atoms with E-state index in [1.54, 1.807) is 12.1 Å². The summed E-state index contributed by atoms with van der Waals surface area (Å²) in [7, 11) is 0. The van der Waals surface area contributed by atoms with E-state index in [4.69, 9.17) is 5.73 Å². The van der Waals surface area contributed by atoms with Crippen LogP contribution in [0.15, 0.2) is 36.5 Å². The van der Waals surface area contributed by atoms with E-state index in [-0.39, 0.29) is 5.69 Å². The second-order valence-electron chi connectivity index (χ2n) is 3.19. The summed E-state index contributed by atoms with van der Waals surface area (Å²) in [5, 5.41) is 2.69. The van der Waals surface area contributed by atoms with Crippen molar-refractivity contribution < 1.29 is 8.78 Å². The van der Waals surface area contributed by atoms with Crippen molar-refractivity contribution in [3.05, 3.63) is 48.2 Å². The summed E-state index contributed by atoms with van der Waals surface area (Å²) >= 11 is 0. The first-order chi connectivity index (χ1) is 7.66. The van der Waals surface area contributed by atoms with Crippen molar-refractivity contribution in [3.63, 3.8) is 0 Å². The van der Waals surface area contributed by atoms with Gasteiger partial charge in [-0.1, -0.05) is 0 Å². The quantitative estimate of drug-likeness (QED) is 0.819. The predicted molar refractivity (Wildman–Crippen MR) is 58.3 cm³/mol. The summed E-state index contributed by atoms with van der Waals surface area (Å²) in [6, 6.07) is 6.54. The van der Waals surface area contributed by atoms with Crippen molar-refractivity contribution in [3.8, 4) is 0 Å². The van der Waals surface area contributed by atoms with Gasteiger partial charge in [0.1, 0.15) is 11.6 Å². The molecule has 3 nitrogen and oxygen atoms in total. The molecule has 0 bridgehead atoms. The van der Waals surface area contributed by atoms with E-state index in [9.17, 15) is 8.78 Å². The number of nitrogens with two attached hydrogens (primary N) is 1. The monoisotopic (exact) mass is 221 g/mol. The maximum Gasteiger partial charge on any atom is 0.153 e. The number of rotatable bonds is 2. The number of nitrogens with one attached hydrogen (secondary N) is 1. The summed E-state index contributed by atoms with van der Waals surface area (Å²) in [6.45, 7) is 0. The zero-order valence-electron chi connectivity index (χ0n) is 8.24. The average molecular weight is 221 g/mol. The van der Waals surface area contributed by atoms with Gasteiger partial charge in [-0.3, -0.25) is 0 Å². The van der Waals surface area contributed by atoms with Crippen LogP contribution in [0.2, 0.25) is 0 Å². The summed E-state index contributed by atoms with van der Waals surface area (Å²) in [5.41, 5.74) is 6.15. The Morgan fingerprint density at radius 3 is 2.69 bits per heavy atom. The molecule has 1 aromatic heterocycles. The minimum absolute atomic E-state index is 0.131. The number of nitrogens with zero attached hydrogens (tertiary/aromatic N) is 1. The Labute approximate surface area is 90.9 Å². The van der Waals surface area contributed by atoms with Crippen molar-refractivity contribution in [2.24, 2.45) is 0 Å². The number of halogens is 2. The number of aromatic nitrogens is 1. The maximum absolute atomic E-state index is 13.3. The van der Waals surface area contributed by atoms with Crippen LogP contribution in [0.3, 0.4) is 0 Å². The third-order valence-electron chi connectivity index (χ3n) is 2.02. The average Bonchev–Trinajstić information content (AvgIpc) is 2.25. The van der Waals surface area contributed by atoms with Crippen molar-refractivity contribution in [1.29, 1.82) is 0 Å². The molecule has 0 radical (unpaired) electrons. The molecule has 0 saturated carbocycles. The number of hydrogen-bond donors (Lipinski definition) is 2. The second-order valence-corrected chi connectivity index (χ2v) is 3.19. The van der Waals surface area contributed by atoms with Crippen molar-refractivity contribution >= 4 is 17.2 Å². The van der Waals surface area contributed by atoms with Crippen molar-refractivity contribution in [2.45, 2.75) is 0 Å².